The summed E-state index contributed by atoms with van der Waals surface area (Å²) in [6, 6.07) is 12.2. The highest BCUT2D eigenvalue weighted by Crippen LogP contribution is 2.48. The average molecular weight is 291 g/mol. The summed E-state index contributed by atoms with van der Waals surface area (Å²) in [4.78, 5) is 17.8. The predicted octanol–water partition coefficient (Wildman–Crippen LogP) is 3.01. The van der Waals surface area contributed by atoms with Gasteiger partial charge in [0.2, 0.25) is 0 Å². The summed E-state index contributed by atoms with van der Waals surface area (Å²) in [6.07, 6.45) is 5.17. The molecule has 0 unspecified atom stereocenters. The van der Waals surface area contributed by atoms with Gasteiger partial charge in [-0.3, -0.25) is 9.78 Å². The van der Waals surface area contributed by atoms with Crippen LogP contribution in [0.15, 0.2) is 42.7 Å². The molecule has 1 amide bonds. The van der Waals surface area contributed by atoms with Crippen LogP contribution in [0.2, 0.25) is 0 Å². The van der Waals surface area contributed by atoms with Gasteiger partial charge in [0.05, 0.1) is 17.0 Å². The van der Waals surface area contributed by atoms with Crippen LogP contribution < -0.4 is 0 Å². The summed E-state index contributed by atoms with van der Waals surface area (Å²) >= 11 is 0. The van der Waals surface area contributed by atoms with E-state index in [1.807, 2.05) is 30.3 Å². The van der Waals surface area contributed by atoms with Crippen molar-refractivity contribution in [2.24, 2.45) is 0 Å². The topological polar surface area (TPSA) is 57.0 Å². The standard InChI is InChI=1S/C18H17N3O/c1-21(2)17(22)15-8-14(10-20-11-15)13-4-3-5-16(9-13)18(12-19)6-7-18/h3-5,8-11H,6-7H2,1-2H3. The van der Waals surface area contributed by atoms with Gasteiger partial charge < -0.3 is 4.90 Å². The molecule has 1 aliphatic rings. The molecular weight excluding hydrogens is 274 g/mol. The Morgan fingerprint density at radius 2 is 2.00 bits per heavy atom. The predicted molar refractivity (Wildman–Crippen MR) is 84.2 cm³/mol. The second kappa shape index (κ2) is 5.27. The van der Waals surface area contributed by atoms with Crippen LogP contribution in [-0.2, 0) is 5.41 Å². The van der Waals surface area contributed by atoms with Crippen molar-refractivity contribution in [1.29, 1.82) is 5.26 Å². The number of rotatable bonds is 3. The Labute approximate surface area is 130 Å². The maximum Gasteiger partial charge on any atom is 0.254 e. The molecule has 1 aromatic carbocycles. The lowest BCUT2D eigenvalue weighted by molar-refractivity contribution is 0.0827. The normalized spacial score (nSPS) is 15.0. The molecule has 1 fully saturated rings. The Morgan fingerprint density at radius 1 is 1.23 bits per heavy atom. The van der Waals surface area contributed by atoms with Gasteiger partial charge in [-0.2, -0.15) is 5.26 Å². The van der Waals surface area contributed by atoms with Gasteiger partial charge in [-0.05, 0) is 36.1 Å². The van der Waals surface area contributed by atoms with E-state index in [-0.39, 0.29) is 11.3 Å². The van der Waals surface area contributed by atoms with Gasteiger partial charge in [0, 0.05) is 32.1 Å². The molecule has 4 heteroatoms. The highest BCUT2D eigenvalue weighted by atomic mass is 16.2. The summed E-state index contributed by atoms with van der Waals surface area (Å²) in [6.45, 7) is 0. The number of hydrogen-bond donors (Lipinski definition) is 0. The van der Waals surface area contributed by atoms with Gasteiger partial charge >= 0.3 is 0 Å². The van der Waals surface area contributed by atoms with Gasteiger partial charge in [-0.1, -0.05) is 18.2 Å². The molecule has 1 heterocycles. The number of hydrogen-bond acceptors (Lipinski definition) is 3. The van der Waals surface area contributed by atoms with Crippen molar-refractivity contribution >= 4 is 5.91 Å². The van der Waals surface area contributed by atoms with Crippen LogP contribution in [-0.4, -0.2) is 29.9 Å². The van der Waals surface area contributed by atoms with Crippen molar-refractivity contribution in [1.82, 2.24) is 9.88 Å². The number of pyridine rings is 1. The monoisotopic (exact) mass is 291 g/mol. The van der Waals surface area contributed by atoms with Crippen molar-refractivity contribution in [2.75, 3.05) is 14.1 Å². The van der Waals surface area contributed by atoms with Crippen LogP contribution in [0.1, 0.15) is 28.8 Å². The molecule has 4 nitrogen and oxygen atoms in total. The summed E-state index contributed by atoms with van der Waals surface area (Å²) in [7, 11) is 3.44. The number of amides is 1. The molecule has 1 saturated carbocycles. The van der Waals surface area contributed by atoms with Crippen LogP contribution in [0.4, 0.5) is 0 Å². The number of aromatic nitrogens is 1. The highest BCUT2D eigenvalue weighted by molar-refractivity contribution is 5.94. The zero-order valence-corrected chi connectivity index (χ0v) is 12.7. The molecule has 0 aliphatic heterocycles. The van der Waals surface area contributed by atoms with Gasteiger partial charge in [0.15, 0.2) is 0 Å². The van der Waals surface area contributed by atoms with Crippen LogP contribution >= 0.6 is 0 Å². The van der Waals surface area contributed by atoms with Crippen molar-refractivity contribution in [3.63, 3.8) is 0 Å². The fourth-order valence-corrected chi connectivity index (χ4v) is 2.56. The highest BCUT2D eigenvalue weighted by Gasteiger charge is 2.44. The van der Waals surface area contributed by atoms with Crippen LogP contribution in [0.25, 0.3) is 11.1 Å². The largest absolute Gasteiger partial charge is 0.345 e. The Balaban J connectivity index is 1.99. The molecule has 22 heavy (non-hydrogen) atoms. The first-order valence-electron chi connectivity index (χ1n) is 7.25. The van der Waals surface area contributed by atoms with Crippen LogP contribution in [0.3, 0.4) is 0 Å². The van der Waals surface area contributed by atoms with Crippen molar-refractivity contribution in [3.05, 3.63) is 53.9 Å². The molecule has 0 bridgehead atoms. The summed E-state index contributed by atoms with van der Waals surface area (Å²) < 4.78 is 0. The van der Waals surface area contributed by atoms with Gasteiger partial charge in [-0.15, -0.1) is 0 Å². The van der Waals surface area contributed by atoms with Crippen molar-refractivity contribution in [2.45, 2.75) is 18.3 Å². The molecular formula is C18H17N3O. The van der Waals surface area contributed by atoms with E-state index in [0.29, 0.717) is 5.56 Å². The molecule has 0 saturated heterocycles. The van der Waals surface area contributed by atoms with E-state index >= 15 is 0 Å². The quantitative estimate of drug-likeness (QED) is 0.873. The number of benzene rings is 1. The van der Waals surface area contributed by atoms with E-state index in [0.717, 1.165) is 29.5 Å². The fraction of sp³-hybridized carbons (Fsp3) is 0.278. The third kappa shape index (κ3) is 2.46. The molecule has 1 aliphatic carbocycles. The van der Waals surface area contributed by atoms with Gasteiger partial charge in [0.25, 0.3) is 5.91 Å². The molecule has 0 atom stereocenters. The van der Waals surface area contributed by atoms with E-state index in [1.54, 1.807) is 26.5 Å². The Kier molecular flexibility index (Phi) is 3.42. The van der Waals surface area contributed by atoms with Gasteiger partial charge in [0.1, 0.15) is 0 Å². The third-order valence-corrected chi connectivity index (χ3v) is 4.10. The lowest BCUT2D eigenvalue weighted by atomic mass is 9.94. The van der Waals surface area contributed by atoms with E-state index < -0.39 is 0 Å². The van der Waals surface area contributed by atoms with Gasteiger partial charge in [-0.25, -0.2) is 0 Å². The van der Waals surface area contributed by atoms with Crippen LogP contribution in [0.5, 0.6) is 0 Å². The fourth-order valence-electron chi connectivity index (χ4n) is 2.56. The first-order valence-corrected chi connectivity index (χ1v) is 7.25. The minimum Gasteiger partial charge on any atom is -0.345 e. The van der Waals surface area contributed by atoms with Crippen LogP contribution in [0, 0.1) is 11.3 Å². The lowest BCUT2D eigenvalue weighted by Gasteiger charge is -2.12. The number of nitriles is 1. The SMILES string of the molecule is CN(C)C(=O)c1cncc(-c2cccc(C3(C#N)CC3)c2)c1. The Hall–Kier alpha value is -2.67. The van der Waals surface area contributed by atoms with Crippen molar-refractivity contribution in [3.8, 4) is 17.2 Å². The Bertz CT molecular complexity index is 770. The molecule has 2 aromatic rings. The molecule has 0 radical (unpaired) electrons. The first kappa shape index (κ1) is 14.3. The molecule has 0 spiro atoms. The minimum atomic E-state index is -0.305. The smallest absolute Gasteiger partial charge is 0.254 e. The van der Waals surface area contributed by atoms with E-state index in [4.69, 9.17) is 0 Å². The van der Waals surface area contributed by atoms with E-state index in [1.165, 1.54) is 4.90 Å². The maximum atomic E-state index is 12.1. The molecule has 0 N–H and O–H groups in total. The molecule has 110 valence electrons. The van der Waals surface area contributed by atoms with Crippen molar-refractivity contribution < 1.29 is 4.79 Å². The summed E-state index contributed by atoms with van der Waals surface area (Å²) in [5, 5.41) is 9.34. The zero-order chi connectivity index (χ0) is 15.7. The first-order chi connectivity index (χ1) is 10.6. The van der Waals surface area contributed by atoms with E-state index in [2.05, 4.69) is 11.1 Å². The number of carbonyl (C=O) groups excluding carboxylic acids is 1. The molecule has 3 rings (SSSR count). The number of carbonyl (C=O) groups is 1. The summed E-state index contributed by atoms with van der Waals surface area (Å²) in [5.41, 5.74) is 3.19. The second-order valence-electron chi connectivity index (χ2n) is 5.94. The molecule has 1 aromatic heterocycles. The number of nitrogens with zero attached hydrogens (tertiary/aromatic N) is 3. The average Bonchev–Trinajstić information content (AvgIpc) is 3.35. The second-order valence-corrected chi connectivity index (χ2v) is 5.94. The summed E-state index contributed by atoms with van der Waals surface area (Å²) in [5.74, 6) is -0.0683. The lowest BCUT2D eigenvalue weighted by Crippen LogP contribution is -2.21. The van der Waals surface area contributed by atoms with E-state index in [9.17, 15) is 10.1 Å². The maximum absolute atomic E-state index is 12.1. The minimum absolute atomic E-state index is 0.0683. The zero-order valence-electron chi connectivity index (χ0n) is 12.7. The third-order valence-electron chi connectivity index (χ3n) is 4.10. The Morgan fingerprint density at radius 3 is 2.64 bits per heavy atom.